The Kier molecular flexibility index (Phi) is 4.32. The minimum atomic E-state index is -1.05. The van der Waals surface area contributed by atoms with Gasteiger partial charge in [-0.1, -0.05) is 0 Å². The SMILES string of the molecule is Cc1oc(CNC(=O)N(C)Cc2ccco2)cc1C(=O)O. The largest absolute Gasteiger partial charge is 0.478 e. The first-order valence-electron chi connectivity index (χ1n) is 6.31. The van der Waals surface area contributed by atoms with E-state index in [1.807, 2.05) is 0 Å². The summed E-state index contributed by atoms with van der Waals surface area (Å²) in [5, 5.41) is 11.6. The summed E-state index contributed by atoms with van der Waals surface area (Å²) in [6, 6.07) is 4.63. The lowest BCUT2D eigenvalue weighted by Crippen LogP contribution is -2.36. The maximum absolute atomic E-state index is 11.9. The number of urea groups is 1. The van der Waals surface area contributed by atoms with Crippen LogP contribution in [0.4, 0.5) is 4.79 Å². The van der Waals surface area contributed by atoms with Crippen molar-refractivity contribution in [3.8, 4) is 0 Å². The van der Waals surface area contributed by atoms with Crippen molar-refractivity contribution in [1.29, 1.82) is 0 Å². The Labute approximate surface area is 121 Å². The smallest absolute Gasteiger partial charge is 0.339 e. The molecule has 0 aliphatic rings. The number of amides is 2. The van der Waals surface area contributed by atoms with E-state index in [0.717, 1.165) is 0 Å². The second-order valence-corrected chi connectivity index (χ2v) is 4.58. The minimum Gasteiger partial charge on any atom is -0.478 e. The molecule has 2 aromatic heterocycles. The molecule has 0 spiro atoms. The molecule has 0 aromatic carbocycles. The molecule has 0 aliphatic heterocycles. The number of rotatable bonds is 5. The van der Waals surface area contributed by atoms with Crippen molar-refractivity contribution in [2.75, 3.05) is 7.05 Å². The Hall–Kier alpha value is -2.70. The molecule has 0 aliphatic carbocycles. The van der Waals surface area contributed by atoms with Crippen molar-refractivity contribution in [3.05, 3.63) is 47.3 Å². The van der Waals surface area contributed by atoms with Gasteiger partial charge in [-0.2, -0.15) is 0 Å². The quantitative estimate of drug-likeness (QED) is 0.880. The summed E-state index contributed by atoms with van der Waals surface area (Å²) in [5.41, 5.74) is 0.100. The molecular weight excluding hydrogens is 276 g/mol. The summed E-state index contributed by atoms with van der Waals surface area (Å²) in [6.45, 7) is 2.03. The molecular formula is C14H16N2O5. The summed E-state index contributed by atoms with van der Waals surface area (Å²) in [6.07, 6.45) is 1.54. The van der Waals surface area contributed by atoms with E-state index in [4.69, 9.17) is 13.9 Å². The summed E-state index contributed by atoms with van der Waals surface area (Å²) >= 11 is 0. The maximum atomic E-state index is 11.9. The molecule has 2 amide bonds. The fourth-order valence-electron chi connectivity index (χ4n) is 1.85. The van der Waals surface area contributed by atoms with E-state index in [0.29, 0.717) is 23.8 Å². The third kappa shape index (κ3) is 3.65. The predicted octanol–water partition coefficient (Wildman–Crippen LogP) is 2.22. The zero-order valence-corrected chi connectivity index (χ0v) is 11.8. The highest BCUT2D eigenvalue weighted by molar-refractivity contribution is 5.88. The Balaban J connectivity index is 1.88. The molecule has 0 atom stereocenters. The molecule has 0 radical (unpaired) electrons. The molecule has 2 rings (SSSR count). The summed E-state index contributed by atoms with van der Waals surface area (Å²) in [5.74, 6) is 0.332. The lowest BCUT2D eigenvalue weighted by Gasteiger charge is -2.16. The standard InChI is InChI=1S/C14H16N2O5/c1-9-12(13(17)18)6-11(21-9)7-15-14(19)16(2)8-10-4-3-5-20-10/h3-6H,7-8H2,1-2H3,(H,15,19)(H,17,18). The second kappa shape index (κ2) is 6.17. The first-order chi connectivity index (χ1) is 9.97. The Morgan fingerprint density at radius 2 is 2.14 bits per heavy atom. The van der Waals surface area contributed by atoms with Crippen LogP contribution in [0, 0.1) is 6.92 Å². The molecule has 21 heavy (non-hydrogen) atoms. The van der Waals surface area contributed by atoms with Gasteiger partial charge in [-0.15, -0.1) is 0 Å². The third-order valence-electron chi connectivity index (χ3n) is 2.93. The van der Waals surface area contributed by atoms with Crippen LogP contribution in [-0.2, 0) is 13.1 Å². The van der Waals surface area contributed by atoms with Crippen LogP contribution in [0.25, 0.3) is 0 Å². The fraction of sp³-hybridized carbons (Fsp3) is 0.286. The van der Waals surface area contributed by atoms with Gasteiger partial charge >= 0.3 is 12.0 Å². The monoisotopic (exact) mass is 292 g/mol. The maximum Gasteiger partial charge on any atom is 0.339 e. The first kappa shape index (κ1) is 14.7. The number of nitrogens with zero attached hydrogens (tertiary/aromatic N) is 1. The number of carbonyl (C=O) groups excluding carboxylic acids is 1. The number of aromatic carboxylic acids is 1. The minimum absolute atomic E-state index is 0.100. The van der Waals surface area contributed by atoms with Gasteiger partial charge in [0.15, 0.2) is 0 Å². The van der Waals surface area contributed by atoms with Crippen LogP contribution >= 0.6 is 0 Å². The summed E-state index contributed by atoms with van der Waals surface area (Å²) in [4.78, 5) is 24.2. The van der Waals surface area contributed by atoms with Crippen molar-refractivity contribution >= 4 is 12.0 Å². The van der Waals surface area contributed by atoms with Crippen molar-refractivity contribution in [1.82, 2.24) is 10.2 Å². The van der Waals surface area contributed by atoms with Gasteiger partial charge in [0, 0.05) is 7.05 Å². The zero-order valence-electron chi connectivity index (χ0n) is 11.8. The van der Waals surface area contributed by atoms with Gasteiger partial charge in [-0.25, -0.2) is 9.59 Å². The van der Waals surface area contributed by atoms with E-state index in [2.05, 4.69) is 5.32 Å². The second-order valence-electron chi connectivity index (χ2n) is 4.58. The predicted molar refractivity (Wildman–Crippen MR) is 72.8 cm³/mol. The van der Waals surface area contributed by atoms with Gasteiger partial charge in [0.05, 0.1) is 19.4 Å². The van der Waals surface area contributed by atoms with Crippen LogP contribution in [0.5, 0.6) is 0 Å². The lowest BCUT2D eigenvalue weighted by molar-refractivity contribution is 0.0695. The van der Waals surface area contributed by atoms with Gasteiger partial charge in [0.1, 0.15) is 22.8 Å². The number of furan rings is 2. The Morgan fingerprint density at radius 1 is 1.38 bits per heavy atom. The van der Waals surface area contributed by atoms with E-state index in [1.165, 1.54) is 11.0 Å². The number of carbonyl (C=O) groups is 2. The van der Waals surface area contributed by atoms with Crippen molar-refractivity contribution in [2.24, 2.45) is 0 Å². The number of carboxylic acids is 1. The van der Waals surface area contributed by atoms with Gasteiger partial charge < -0.3 is 24.2 Å². The van der Waals surface area contributed by atoms with E-state index < -0.39 is 5.97 Å². The number of aryl methyl sites for hydroxylation is 1. The number of nitrogens with one attached hydrogen (secondary N) is 1. The molecule has 0 unspecified atom stereocenters. The molecule has 0 fully saturated rings. The highest BCUT2D eigenvalue weighted by Gasteiger charge is 2.15. The van der Waals surface area contributed by atoms with Crippen LogP contribution < -0.4 is 5.32 Å². The number of hydrogen-bond donors (Lipinski definition) is 2. The Bertz CT molecular complexity index is 630. The summed E-state index contributed by atoms with van der Waals surface area (Å²) < 4.78 is 10.4. The fourth-order valence-corrected chi connectivity index (χ4v) is 1.85. The normalized spacial score (nSPS) is 10.4. The van der Waals surface area contributed by atoms with Gasteiger partial charge in [-0.05, 0) is 25.1 Å². The van der Waals surface area contributed by atoms with Crippen LogP contribution in [0.15, 0.2) is 33.3 Å². The topological polar surface area (TPSA) is 95.9 Å². The molecule has 0 saturated heterocycles. The van der Waals surface area contributed by atoms with E-state index in [1.54, 1.807) is 32.4 Å². The zero-order chi connectivity index (χ0) is 15.4. The van der Waals surface area contributed by atoms with Crippen molar-refractivity contribution in [2.45, 2.75) is 20.0 Å². The van der Waals surface area contributed by atoms with E-state index >= 15 is 0 Å². The number of hydrogen-bond acceptors (Lipinski definition) is 4. The first-order valence-corrected chi connectivity index (χ1v) is 6.31. The molecule has 2 aromatic rings. The van der Waals surface area contributed by atoms with E-state index in [9.17, 15) is 9.59 Å². The van der Waals surface area contributed by atoms with Crippen LogP contribution in [0.1, 0.15) is 27.6 Å². The molecule has 7 nitrogen and oxygen atoms in total. The van der Waals surface area contributed by atoms with E-state index in [-0.39, 0.29) is 18.1 Å². The molecule has 0 bridgehead atoms. The van der Waals surface area contributed by atoms with Gasteiger partial charge in [0.25, 0.3) is 0 Å². The van der Waals surface area contributed by atoms with Gasteiger partial charge in [-0.3, -0.25) is 0 Å². The van der Waals surface area contributed by atoms with Crippen molar-refractivity contribution < 1.29 is 23.5 Å². The molecule has 112 valence electrons. The van der Waals surface area contributed by atoms with Crippen LogP contribution in [-0.4, -0.2) is 29.1 Å². The average molecular weight is 292 g/mol. The van der Waals surface area contributed by atoms with Crippen LogP contribution in [0.2, 0.25) is 0 Å². The highest BCUT2D eigenvalue weighted by atomic mass is 16.4. The molecule has 7 heteroatoms. The molecule has 0 saturated carbocycles. The van der Waals surface area contributed by atoms with Gasteiger partial charge in [0.2, 0.25) is 0 Å². The van der Waals surface area contributed by atoms with Crippen molar-refractivity contribution in [3.63, 3.8) is 0 Å². The summed E-state index contributed by atoms with van der Waals surface area (Å²) in [7, 11) is 1.63. The highest BCUT2D eigenvalue weighted by Crippen LogP contribution is 2.14. The Morgan fingerprint density at radius 3 is 2.71 bits per heavy atom. The third-order valence-corrected chi connectivity index (χ3v) is 2.93. The number of carboxylic acid groups (broad SMARTS) is 1. The lowest BCUT2D eigenvalue weighted by atomic mass is 10.2. The molecule has 2 heterocycles. The average Bonchev–Trinajstić information content (AvgIpc) is 3.05. The molecule has 2 N–H and O–H groups in total. The van der Waals surface area contributed by atoms with Crippen LogP contribution in [0.3, 0.4) is 0 Å².